The van der Waals surface area contributed by atoms with Gasteiger partial charge in [-0.2, -0.15) is 0 Å². The summed E-state index contributed by atoms with van der Waals surface area (Å²) in [4.78, 5) is 13.9. The van der Waals surface area contributed by atoms with Crippen LogP contribution < -0.4 is 5.32 Å². The van der Waals surface area contributed by atoms with Gasteiger partial charge in [0.1, 0.15) is 0 Å². The third-order valence-corrected chi connectivity index (χ3v) is 3.77. The second kappa shape index (κ2) is 6.77. The van der Waals surface area contributed by atoms with Gasteiger partial charge in [-0.05, 0) is 31.4 Å². The van der Waals surface area contributed by atoms with Crippen molar-refractivity contribution in [3.05, 3.63) is 21.4 Å². The Balaban J connectivity index is 2.73. The van der Waals surface area contributed by atoms with Gasteiger partial charge in [-0.1, -0.05) is 20.3 Å². The zero-order chi connectivity index (χ0) is 12.8. The molecule has 17 heavy (non-hydrogen) atoms. The van der Waals surface area contributed by atoms with Crippen molar-refractivity contribution in [2.45, 2.75) is 46.1 Å². The van der Waals surface area contributed by atoms with Crippen LogP contribution in [0.1, 0.15) is 47.3 Å². The Labute approximate surface area is 107 Å². The Bertz CT molecular complexity index is 371. The quantitative estimate of drug-likeness (QED) is 0.820. The molecule has 0 fully saturated rings. The summed E-state index contributed by atoms with van der Waals surface area (Å²) in [5.41, 5.74) is 1.28. The summed E-state index contributed by atoms with van der Waals surface area (Å²) >= 11 is 1.57. The van der Waals surface area contributed by atoms with Crippen molar-refractivity contribution >= 4 is 17.2 Å². The molecule has 2 N–H and O–H groups in total. The first-order valence-electron chi connectivity index (χ1n) is 6.16. The normalized spacial score (nSPS) is 12.5. The molecule has 3 nitrogen and oxygen atoms in total. The van der Waals surface area contributed by atoms with Crippen molar-refractivity contribution in [3.8, 4) is 0 Å². The summed E-state index contributed by atoms with van der Waals surface area (Å²) in [6.07, 6.45) is 2.61. The lowest BCUT2D eigenvalue weighted by atomic mass is 10.1. The lowest BCUT2D eigenvalue weighted by Gasteiger charge is -2.04. The second-order valence-electron chi connectivity index (χ2n) is 4.22. The topological polar surface area (TPSA) is 49.3 Å². The van der Waals surface area contributed by atoms with Crippen LogP contribution in [0, 0.1) is 0 Å². The maximum Gasteiger partial charge on any atom is 0.261 e. The molecule has 1 atom stereocenters. The number of aliphatic hydroxyl groups excluding tert-OH is 1. The van der Waals surface area contributed by atoms with Gasteiger partial charge in [0, 0.05) is 11.4 Å². The zero-order valence-corrected chi connectivity index (χ0v) is 11.6. The summed E-state index contributed by atoms with van der Waals surface area (Å²) in [5, 5.41) is 11.9. The van der Waals surface area contributed by atoms with Gasteiger partial charge in [0.2, 0.25) is 0 Å². The molecular weight excluding hydrogens is 234 g/mol. The van der Waals surface area contributed by atoms with E-state index in [0.717, 1.165) is 24.1 Å². The van der Waals surface area contributed by atoms with Gasteiger partial charge in [-0.15, -0.1) is 11.3 Å². The highest BCUT2D eigenvalue weighted by atomic mass is 32.1. The van der Waals surface area contributed by atoms with Crippen molar-refractivity contribution in [3.63, 3.8) is 0 Å². The fourth-order valence-corrected chi connectivity index (χ4v) is 2.92. The highest BCUT2D eigenvalue weighted by Crippen LogP contribution is 2.24. The number of rotatable bonds is 6. The van der Waals surface area contributed by atoms with Crippen LogP contribution in [0.15, 0.2) is 6.07 Å². The molecule has 0 spiro atoms. The highest BCUT2D eigenvalue weighted by molar-refractivity contribution is 7.14. The minimum atomic E-state index is -0.500. The molecule has 0 saturated heterocycles. The largest absolute Gasteiger partial charge is 0.392 e. The predicted octanol–water partition coefficient (Wildman–Crippen LogP) is 2.37. The minimum absolute atomic E-state index is 0.0760. The standard InChI is InChI=1S/C13H21NO2S/c1-4-6-11-10(5-2)7-12(17-11)13(16)14-8-9(3)15/h7,9,15H,4-6,8H2,1-3H3,(H,14,16)/t9-/m1/s1. The molecule has 0 aliphatic heterocycles. The highest BCUT2D eigenvalue weighted by Gasteiger charge is 2.13. The fourth-order valence-electron chi connectivity index (χ4n) is 1.64. The summed E-state index contributed by atoms with van der Waals surface area (Å²) in [6.45, 7) is 6.22. The van der Waals surface area contributed by atoms with Crippen molar-refractivity contribution in [2.24, 2.45) is 0 Å². The van der Waals surface area contributed by atoms with Crippen LogP contribution in [0.5, 0.6) is 0 Å². The van der Waals surface area contributed by atoms with E-state index in [-0.39, 0.29) is 5.91 Å². The number of hydrogen-bond acceptors (Lipinski definition) is 3. The molecule has 0 radical (unpaired) electrons. The number of thiophene rings is 1. The van der Waals surface area contributed by atoms with E-state index in [0.29, 0.717) is 6.54 Å². The molecule has 1 aromatic rings. The van der Waals surface area contributed by atoms with E-state index < -0.39 is 6.10 Å². The molecule has 1 heterocycles. The van der Waals surface area contributed by atoms with E-state index in [1.807, 2.05) is 6.07 Å². The van der Waals surface area contributed by atoms with E-state index in [1.54, 1.807) is 18.3 Å². The molecule has 1 amide bonds. The molecular formula is C13H21NO2S. The third kappa shape index (κ3) is 4.13. The maximum absolute atomic E-state index is 11.8. The number of hydrogen-bond donors (Lipinski definition) is 2. The van der Waals surface area contributed by atoms with Crippen molar-refractivity contribution in [1.29, 1.82) is 0 Å². The Morgan fingerprint density at radius 3 is 2.76 bits per heavy atom. The smallest absolute Gasteiger partial charge is 0.261 e. The van der Waals surface area contributed by atoms with Crippen LogP contribution in [0.25, 0.3) is 0 Å². The Kier molecular flexibility index (Phi) is 5.65. The zero-order valence-electron chi connectivity index (χ0n) is 10.7. The lowest BCUT2D eigenvalue weighted by molar-refractivity contribution is 0.0928. The number of aliphatic hydroxyl groups is 1. The number of amides is 1. The van der Waals surface area contributed by atoms with Crippen LogP contribution in [-0.4, -0.2) is 23.7 Å². The molecule has 0 unspecified atom stereocenters. The van der Waals surface area contributed by atoms with E-state index in [1.165, 1.54) is 10.4 Å². The van der Waals surface area contributed by atoms with Gasteiger partial charge in [0.05, 0.1) is 11.0 Å². The van der Waals surface area contributed by atoms with Gasteiger partial charge in [-0.3, -0.25) is 4.79 Å². The molecule has 1 rings (SSSR count). The first kappa shape index (κ1) is 14.2. The first-order valence-corrected chi connectivity index (χ1v) is 6.97. The van der Waals surface area contributed by atoms with E-state index >= 15 is 0 Å². The van der Waals surface area contributed by atoms with Crippen LogP contribution in [0.3, 0.4) is 0 Å². The van der Waals surface area contributed by atoms with Crippen molar-refractivity contribution in [2.75, 3.05) is 6.54 Å². The SMILES string of the molecule is CCCc1sc(C(=O)NC[C@@H](C)O)cc1CC. The van der Waals surface area contributed by atoms with Crippen LogP contribution in [-0.2, 0) is 12.8 Å². The molecule has 0 aliphatic carbocycles. The number of nitrogens with one attached hydrogen (secondary N) is 1. The summed E-state index contributed by atoms with van der Waals surface area (Å²) in [7, 11) is 0. The molecule has 0 bridgehead atoms. The number of aryl methyl sites for hydroxylation is 2. The van der Waals surface area contributed by atoms with Gasteiger partial charge in [0.25, 0.3) is 5.91 Å². The van der Waals surface area contributed by atoms with Crippen molar-refractivity contribution < 1.29 is 9.90 Å². The van der Waals surface area contributed by atoms with E-state index in [9.17, 15) is 4.79 Å². The molecule has 0 aliphatic rings. The van der Waals surface area contributed by atoms with Gasteiger partial charge in [-0.25, -0.2) is 0 Å². The van der Waals surface area contributed by atoms with Gasteiger partial charge >= 0.3 is 0 Å². The molecule has 96 valence electrons. The number of carbonyl (C=O) groups excluding carboxylic acids is 1. The summed E-state index contributed by atoms with van der Waals surface area (Å²) in [5.74, 6) is -0.0760. The average Bonchev–Trinajstić information content (AvgIpc) is 2.69. The predicted molar refractivity (Wildman–Crippen MR) is 71.7 cm³/mol. The van der Waals surface area contributed by atoms with Crippen LogP contribution in [0.4, 0.5) is 0 Å². The van der Waals surface area contributed by atoms with Crippen LogP contribution >= 0.6 is 11.3 Å². The molecule has 0 saturated carbocycles. The van der Waals surface area contributed by atoms with Gasteiger partial charge in [0.15, 0.2) is 0 Å². The average molecular weight is 255 g/mol. The second-order valence-corrected chi connectivity index (χ2v) is 5.36. The summed E-state index contributed by atoms with van der Waals surface area (Å²) < 4.78 is 0. The first-order chi connectivity index (χ1) is 8.08. The Morgan fingerprint density at radius 1 is 1.53 bits per heavy atom. The Morgan fingerprint density at radius 2 is 2.24 bits per heavy atom. The molecule has 0 aromatic carbocycles. The van der Waals surface area contributed by atoms with E-state index in [2.05, 4.69) is 19.2 Å². The number of carbonyl (C=O) groups is 1. The van der Waals surface area contributed by atoms with E-state index in [4.69, 9.17) is 5.11 Å². The molecule has 1 aromatic heterocycles. The molecule has 4 heteroatoms. The van der Waals surface area contributed by atoms with Crippen molar-refractivity contribution in [1.82, 2.24) is 5.32 Å². The fraction of sp³-hybridized carbons (Fsp3) is 0.615. The van der Waals surface area contributed by atoms with Crippen LogP contribution in [0.2, 0.25) is 0 Å². The van der Waals surface area contributed by atoms with Gasteiger partial charge < -0.3 is 10.4 Å². The Hall–Kier alpha value is -0.870. The minimum Gasteiger partial charge on any atom is -0.392 e. The monoisotopic (exact) mass is 255 g/mol. The maximum atomic E-state index is 11.8. The third-order valence-electron chi connectivity index (χ3n) is 2.54. The summed E-state index contributed by atoms with van der Waals surface area (Å²) in [6, 6.07) is 1.98. The lowest BCUT2D eigenvalue weighted by Crippen LogP contribution is -2.29.